The topological polar surface area (TPSA) is 51.1 Å². The van der Waals surface area contributed by atoms with Gasteiger partial charge >= 0.3 is 0 Å². The molecule has 31 heavy (non-hydrogen) atoms. The molecule has 0 atom stereocenters. The molecule has 1 amide bonds. The van der Waals surface area contributed by atoms with E-state index in [9.17, 15) is 9.59 Å². The van der Waals surface area contributed by atoms with Crippen LogP contribution in [0.1, 0.15) is 58.2 Å². The number of carbonyl (C=O) groups excluding carboxylic acids is 1. The van der Waals surface area contributed by atoms with Gasteiger partial charge in [-0.1, -0.05) is 73.0 Å². The quantitative estimate of drug-likeness (QED) is 0.511. The van der Waals surface area contributed by atoms with Gasteiger partial charge < -0.3 is 9.88 Å². The molecule has 0 spiro atoms. The van der Waals surface area contributed by atoms with Crippen molar-refractivity contribution >= 4 is 17.5 Å². The van der Waals surface area contributed by atoms with Crippen molar-refractivity contribution in [3.8, 4) is 0 Å². The van der Waals surface area contributed by atoms with Crippen LogP contribution in [0.4, 0.5) is 0 Å². The summed E-state index contributed by atoms with van der Waals surface area (Å²) < 4.78 is 2.10. The van der Waals surface area contributed by atoms with Crippen LogP contribution in [0.2, 0.25) is 5.02 Å². The van der Waals surface area contributed by atoms with Crippen LogP contribution in [-0.2, 0) is 19.5 Å². The Morgan fingerprint density at radius 3 is 2.45 bits per heavy atom. The number of hydrogen-bond acceptors (Lipinski definition) is 2. The fourth-order valence-corrected chi connectivity index (χ4v) is 3.88. The third-order valence-electron chi connectivity index (χ3n) is 5.48. The maximum Gasteiger partial charge on any atom is 0.257 e. The highest BCUT2D eigenvalue weighted by atomic mass is 35.5. The third-order valence-corrected chi connectivity index (χ3v) is 5.85. The lowest BCUT2D eigenvalue weighted by Gasteiger charge is -2.20. The fourth-order valence-electron chi connectivity index (χ4n) is 3.68. The molecule has 5 heteroatoms. The van der Waals surface area contributed by atoms with Crippen LogP contribution in [0.5, 0.6) is 0 Å². The smallest absolute Gasteiger partial charge is 0.257 e. The van der Waals surface area contributed by atoms with E-state index in [0.29, 0.717) is 18.0 Å². The van der Waals surface area contributed by atoms with Crippen LogP contribution >= 0.6 is 11.6 Å². The largest absolute Gasteiger partial charge is 0.348 e. The van der Waals surface area contributed by atoms with Gasteiger partial charge in [0.25, 0.3) is 5.91 Å². The van der Waals surface area contributed by atoms with Crippen molar-refractivity contribution < 1.29 is 4.79 Å². The molecule has 0 unspecified atom stereocenters. The molecular weight excluding hydrogens is 408 g/mol. The Morgan fingerprint density at radius 2 is 1.77 bits per heavy atom. The van der Waals surface area contributed by atoms with Gasteiger partial charge in [-0.15, -0.1) is 0 Å². The van der Waals surface area contributed by atoms with Crippen LogP contribution in [0.25, 0.3) is 0 Å². The van der Waals surface area contributed by atoms with Crippen molar-refractivity contribution in [1.29, 1.82) is 0 Å². The van der Waals surface area contributed by atoms with Gasteiger partial charge in [0.15, 0.2) is 5.43 Å². The molecule has 1 N–H and O–H groups in total. The second-order valence-electron chi connectivity index (χ2n) is 7.92. The summed E-state index contributed by atoms with van der Waals surface area (Å²) in [5.41, 5.74) is 4.81. The number of halogens is 1. The fraction of sp³-hybridized carbons (Fsp3) is 0.308. The summed E-state index contributed by atoms with van der Waals surface area (Å²) in [6.07, 6.45) is 2.56. The second kappa shape index (κ2) is 10.5. The van der Waals surface area contributed by atoms with Crippen molar-refractivity contribution in [2.45, 2.75) is 53.1 Å². The summed E-state index contributed by atoms with van der Waals surface area (Å²) in [5, 5.41) is 3.49. The van der Waals surface area contributed by atoms with Gasteiger partial charge in [-0.2, -0.15) is 0 Å². The molecule has 0 saturated carbocycles. The average molecular weight is 437 g/mol. The molecule has 3 aromatic rings. The predicted molar refractivity (Wildman–Crippen MR) is 127 cm³/mol. The summed E-state index contributed by atoms with van der Waals surface area (Å²) in [4.78, 5) is 26.0. The molecule has 0 fully saturated rings. The van der Waals surface area contributed by atoms with Crippen LogP contribution in [0, 0.1) is 13.8 Å². The molecule has 4 nitrogen and oxygen atoms in total. The molecule has 0 aliphatic rings. The van der Waals surface area contributed by atoms with E-state index in [1.165, 1.54) is 5.56 Å². The zero-order chi connectivity index (χ0) is 22.4. The molecule has 0 aliphatic heterocycles. The number of nitrogens with zero attached hydrogens (tertiary/aromatic N) is 1. The molecule has 0 bridgehead atoms. The Hall–Kier alpha value is -2.85. The molecule has 1 heterocycles. The Balaban J connectivity index is 1.97. The molecule has 0 saturated heterocycles. The minimum atomic E-state index is -0.353. The standard InChI is InChI=1S/C26H29ClN2O2/c1-4-5-10-23-25(26(31)28-16-21-8-6-7-9-22(21)27)24(30)15-19(3)29(23)17-20-13-11-18(2)12-14-20/h6-9,11-15H,4-5,10,16-17H2,1-3H3,(H,28,31). The molecule has 0 aliphatic carbocycles. The van der Waals surface area contributed by atoms with E-state index < -0.39 is 0 Å². The molecule has 0 radical (unpaired) electrons. The summed E-state index contributed by atoms with van der Waals surface area (Å²) >= 11 is 6.21. The van der Waals surface area contributed by atoms with Gasteiger partial charge in [-0.25, -0.2) is 0 Å². The van der Waals surface area contributed by atoms with Crippen LogP contribution < -0.4 is 10.7 Å². The SMILES string of the molecule is CCCCc1c(C(=O)NCc2ccccc2Cl)c(=O)cc(C)n1Cc1ccc(C)cc1. The lowest BCUT2D eigenvalue weighted by Crippen LogP contribution is -2.32. The van der Waals surface area contributed by atoms with Crippen LogP contribution in [0.15, 0.2) is 59.4 Å². The zero-order valence-electron chi connectivity index (χ0n) is 18.4. The number of unbranched alkanes of at least 4 members (excludes halogenated alkanes) is 1. The van der Waals surface area contributed by atoms with E-state index >= 15 is 0 Å². The highest BCUT2D eigenvalue weighted by Gasteiger charge is 2.20. The molecular formula is C26H29ClN2O2. The number of amides is 1. The first-order chi connectivity index (χ1) is 14.9. The van der Waals surface area contributed by atoms with Crippen molar-refractivity contribution in [2.24, 2.45) is 0 Å². The number of aryl methyl sites for hydroxylation is 2. The van der Waals surface area contributed by atoms with Gasteiger partial charge in [0.1, 0.15) is 5.56 Å². The van der Waals surface area contributed by atoms with Crippen LogP contribution in [-0.4, -0.2) is 10.5 Å². The molecule has 162 valence electrons. The first-order valence-corrected chi connectivity index (χ1v) is 11.1. The number of rotatable bonds is 8. The average Bonchev–Trinajstić information content (AvgIpc) is 2.75. The van der Waals surface area contributed by atoms with Gasteiger partial charge in [0, 0.05) is 35.6 Å². The van der Waals surface area contributed by atoms with Crippen molar-refractivity contribution in [3.63, 3.8) is 0 Å². The van der Waals surface area contributed by atoms with E-state index in [0.717, 1.165) is 35.4 Å². The van der Waals surface area contributed by atoms with Crippen molar-refractivity contribution in [1.82, 2.24) is 9.88 Å². The van der Waals surface area contributed by atoms with Gasteiger partial charge in [-0.3, -0.25) is 9.59 Å². The lowest BCUT2D eigenvalue weighted by molar-refractivity contribution is 0.0947. The molecule has 3 rings (SSSR count). The summed E-state index contributed by atoms with van der Waals surface area (Å²) in [7, 11) is 0. The monoisotopic (exact) mass is 436 g/mol. The number of pyridine rings is 1. The van der Waals surface area contributed by atoms with Gasteiger partial charge in [0.2, 0.25) is 0 Å². The minimum Gasteiger partial charge on any atom is -0.348 e. The maximum atomic E-state index is 13.1. The van der Waals surface area contributed by atoms with Gasteiger partial charge in [0.05, 0.1) is 0 Å². The second-order valence-corrected chi connectivity index (χ2v) is 8.33. The Morgan fingerprint density at radius 1 is 1.06 bits per heavy atom. The highest BCUT2D eigenvalue weighted by Crippen LogP contribution is 2.17. The van der Waals surface area contributed by atoms with Crippen molar-refractivity contribution in [3.05, 3.63) is 103 Å². The predicted octanol–water partition coefficient (Wildman–Crippen LogP) is 5.44. The molecule has 2 aromatic carbocycles. The summed E-state index contributed by atoms with van der Waals surface area (Å²) in [6, 6.07) is 17.3. The van der Waals surface area contributed by atoms with E-state index in [4.69, 9.17) is 11.6 Å². The number of carbonyl (C=O) groups is 1. The van der Waals surface area contributed by atoms with E-state index in [-0.39, 0.29) is 23.4 Å². The lowest BCUT2D eigenvalue weighted by atomic mass is 10.0. The zero-order valence-corrected chi connectivity index (χ0v) is 19.1. The van der Waals surface area contributed by atoms with Gasteiger partial charge in [-0.05, 0) is 43.9 Å². The number of hydrogen-bond donors (Lipinski definition) is 1. The summed E-state index contributed by atoms with van der Waals surface area (Å²) in [6.45, 7) is 6.99. The first-order valence-electron chi connectivity index (χ1n) is 10.7. The van der Waals surface area contributed by atoms with E-state index in [2.05, 4.69) is 48.0 Å². The maximum absolute atomic E-state index is 13.1. The number of benzene rings is 2. The Labute approximate surface area is 188 Å². The van der Waals surface area contributed by atoms with E-state index in [1.807, 2.05) is 25.1 Å². The minimum absolute atomic E-state index is 0.234. The summed E-state index contributed by atoms with van der Waals surface area (Å²) in [5.74, 6) is -0.353. The normalized spacial score (nSPS) is 10.8. The first kappa shape index (κ1) is 22.8. The number of nitrogens with one attached hydrogen (secondary N) is 1. The molecule has 1 aromatic heterocycles. The Kier molecular flexibility index (Phi) is 7.69. The van der Waals surface area contributed by atoms with Crippen LogP contribution in [0.3, 0.4) is 0 Å². The third kappa shape index (κ3) is 5.65. The van der Waals surface area contributed by atoms with Crippen molar-refractivity contribution in [2.75, 3.05) is 0 Å². The Bertz CT molecular complexity index is 1120. The number of aromatic nitrogens is 1. The highest BCUT2D eigenvalue weighted by molar-refractivity contribution is 6.31. The van der Waals surface area contributed by atoms with E-state index in [1.54, 1.807) is 12.1 Å².